The number of nitrogens with one attached hydrogen (secondary N) is 2. The van der Waals surface area contributed by atoms with Gasteiger partial charge in [0.1, 0.15) is 11.5 Å². The molecule has 0 fully saturated rings. The summed E-state index contributed by atoms with van der Waals surface area (Å²) in [6.07, 6.45) is 1.89. The van der Waals surface area contributed by atoms with E-state index >= 15 is 0 Å². The molecule has 18 heavy (non-hydrogen) atoms. The zero-order chi connectivity index (χ0) is 13.4. The number of amides is 1. The Morgan fingerprint density at radius 2 is 2.28 bits per heavy atom. The molecule has 0 aliphatic carbocycles. The highest BCUT2D eigenvalue weighted by Gasteiger charge is 2.14. The van der Waals surface area contributed by atoms with E-state index < -0.39 is 0 Å². The van der Waals surface area contributed by atoms with Gasteiger partial charge in [0.25, 0.3) is 5.91 Å². The maximum atomic E-state index is 12.0. The van der Waals surface area contributed by atoms with Crippen LogP contribution in [0, 0.1) is 0 Å². The first-order chi connectivity index (χ1) is 8.71. The fourth-order valence-electron chi connectivity index (χ4n) is 1.71. The van der Waals surface area contributed by atoms with Gasteiger partial charge in [-0.2, -0.15) is 0 Å². The molecule has 0 spiro atoms. The number of carbonyl (C=O) groups excluding carboxylic acids is 1. The van der Waals surface area contributed by atoms with Gasteiger partial charge in [-0.15, -0.1) is 0 Å². The Hall–Kier alpha value is -1.62. The van der Waals surface area contributed by atoms with Crippen molar-refractivity contribution in [2.45, 2.75) is 25.8 Å². The van der Waals surface area contributed by atoms with E-state index in [0.717, 1.165) is 12.8 Å². The normalized spacial score (nSPS) is 11.9. The number of hydrogen-bond acceptors (Lipinski definition) is 4. The Morgan fingerprint density at radius 1 is 1.50 bits per heavy atom. The number of carbonyl (C=O) groups is 1. The van der Waals surface area contributed by atoms with Crippen LogP contribution in [0.2, 0.25) is 0 Å². The number of hydrogen-bond donors (Lipinski definition) is 2. The first-order valence-electron chi connectivity index (χ1n) is 6.15. The predicted molar refractivity (Wildman–Crippen MR) is 71.8 cm³/mol. The first-order valence-corrected chi connectivity index (χ1v) is 6.15. The van der Waals surface area contributed by atoms with Gasteiger partial charge in [-0.05, 0) is 18.6 Å². The first kappa shape index (κ1) is 14.4. The van der Waals surface area contributed by atoms with Crippen molar-refractivity contribution < 1.29 is 9.53 Å². The van der Waals surface area contributed by atoms with Gasteiger partial charge < -0.3 is 15.4 Å². The van der Waals surface area contributed by atoms with Crippen LogP contribution >= 0.6 is 0 Å². The highest BCUT2D eigenvalue weighted by molar-refractivity contribution is 5.92. The van der Waals surface area contributed by atoms with Crippen molar-refractivity contribution in [3.8, 4) is 0 Å². The standard InChI is InChI=1S/C13H21N3O2/c1-4-6-10(9-18-3)15-13(17)11-7-5-8-12(14-2)16-11/h5,7-8,10H,4,6,9H2,1-3H3,(H,14,16)(H,15,17). The van der Waals surface area contributed by atoms with E-state index in [0.29, 0.717) is 18.1 Å². The smallest absolute Gasteiger partial charge is 0.270 e. The topological polar surface area (TPSA) is 63.2 Å². The van der Waals surface area contributed by atoms with Crippen LogP contribution in [0.25, 0.3) is 0 Å². The summed E-state index contributed by atoms with van der Waals surface area (Å²) in [7, 11) is 3.41. The molecule has 2 N–H and O–H groups in total. The summed E-state index contributed by atoms with van der Waals surface area (Å²) in [5.74, 6) is 0.518. The quantitative estimate of drug-likeness (QED) is 0.773. The van der Waals surface area contributed by atoms with Gasteiger partial charge in [-0.25, -0.2) is 4.98 Å². The van der Waals surface area contributed by atoms with Crippen molar-refractivity contribution in [1.29, 1.82) is 0 Å². The molecular formula is C13H21N3O2. The summed E-state index contributed by atoms with van der Waals surface area (Å²) in [6, 6.07) is 5.35. The zero-order valence-corrected chi connectivity index (χ0v) is 11.2. The van der Waals surface area contributed by atoms with Crippen molar-refractivity contribution in [2.75, 3.05) is 26.1 Å². The molecule has 1 aromatic heterocycles. The lowest BCUT2D eigenvalue weighted by Gasteiger charge is -2.16. The summed E-state index contributed by atoms with van der Waals surface area (Å²) in [5.41, 5.74) is 0.416. The molecule has 0 radical (unpaired) electrons. The molecule has 1 unspecified atom stereocenters. The van der Waals surface area contributed by atoms with Crippen LogP contribution in [0.3, 0.4) is 0 Å². The summed E-state index contributed by atoms with van der Waals surface area (Å²) in [6.45, 7) is 2.60. The third kappa shape index (κ3) is 4.33. The van der Waals surface area contributed by atoms with Crippen molar-refractivity contribution in [2.24, 2.45) is 0 Å². The highest BCUT2D eigenvalue weighted by Crippen LogP contribution is 2.05. The minimum atomic E-state index is -0.164. The molecule has 0 aromatic carbocycles. The van der Waals surface area contributed by atoms with E-state index in [4.69, 9.17) is 4.74 Å². The SMILES string of the molecule is CCCC(COC)NC(=O)c1cccc(NC)n1. The van der Waals surface area contributed by atoms with E-state index in [1.54, 1.807) is 26.3 Å². The third-order valence-corrected chi connectivity index (χ3v) is 2.58. The number of ether oxygens (including phenoxy) is 1. The van der Waals surface area contributed by atoms with E-state index in [9.17, 15) is 4.79 Å². The molecule has 100 valence electrons. The molecule has 1 heterocycles. The summed E-state index contributed by atoms with van der Waals surface area (Å²) in [4.78, 5) is 16.2. The Morgan fingerprint density at radius 3 is 2.89 bits per heavy atom. The molecule has 0 aliphatic heterocycles. The molecule has 5 nitrogen and oxygen atoms in total. The van der Waals surface area contributed by atoms with Crippen molar-refractivity contribution in [3.05, 3.63) is 23.9 Å². The second-order valence-corrected chi connectivity index (χ2v) is 4.07. The van der Waals surface area contributed by atoms with Gasteiger partial charge in [0.15, 0.2) is 0 Å². The molecule has 0 aliphatic rings. The zero-order valence-electron chi connectivity index (χ0n) is 11.2. The average Bonchev–Trinajstić information content (AvgIpc) is 2.39. The lowest BCUT2D eigenvalue weighted by molar-refractivity contribution is 0.0887. The lowest BCUT2D eigenvalue weighted by Crippen LogP contribution is -2.38. The number of aromatic nitrogens is 1. The number of nitrogens with zero attached hydrogens (tertiary/aromatic N) is 1. The molecule has 1 aromatic rings. The van der Waals surface area contributed by atoms with Crippen molar-refractivity contribution >= 4 is 11.7 Å². The fraction of sp³-hybridized carbons (Fsp3) is 0.538. The second kappa shape index (κ2) is 7.66. The summed E-state index contributed by atoms with van der Waals surface area (Å²) >= 11 is 0. The molecule has 0 saturated heterocycles. The number of pyridine rings is 1. The molecule has 1 rings (SSSR count). The van der Waals surface area contributed by atoms with Gasteiger partial charge in [0.2, 0.25) is 0 Å². The largest absolute Gasteiger partial charge is 0.383 e. The van der Waals surface area contributed by atoms with Crippen LogP contribution < -0.4 is 10.6 Å². The molecule has 5 heteroatoms. The van der Waals surface area contributed by atoms with E-state index in [-0.39, 0.29) is 11.9 Å². The molecular weight excluding hydrogens is 230 g/mol. The van der Waals surface area contributed by atoms with Gasteiger partial charge in [0, 0.05) is 14.2 Å². The Bertz CT molecular complexity index is 376. The average molecular weight is 251 g/mol. The minimum absolute atomic E-state index is 0.0348. The Kier molecular flexibility index (Phi) is 6.14. The van der Waals surface area contributed by atoms with Crippen LogP contribution in [0.15, 0.2) is 18.2 Å². The van der Waals surface area contributed by atoms with Crippen molar-refractivity contribution in [1.82, 2.24) is 10.3 Å². The van der Waals surface area contributed by atoms with E-state index in [1.807, 2.05) is 6.07 Å². The maximum Gasteiger partial charge on any atom is 0.270 e. The summed E-state index contributed by atoms with van der Waals surface area (Å²) < 4.78 is 5.09. The van der Waals surface area contributed by atoms with Gasteiger partial charge >= 0.3 is 0 Å². The Balaban J connectivity index is 2.67. The van der Waals surface area contributed by atoms with Crippen LogP contribution in [-0.2, 0) is 4.74 Å². The predicted octanol–water partition coefficient (Wildman–Crippen LogP) is 1.67. The molecule has 0 bridgehead atoms. The maximum absolute atomic E-state index is 12.0. The third-order valence-electron chi connectivity index (χ3n) is 2.58. The van der Waals surface area contributed by atoms with Crippen molar-refractivity contribution in [3.63, 3.8) is 0 Å². The van der Waals surface area contributed by atoms with Crippen LogP contribution in [-0.4, -0.2) is 37.7 Å². The van der Waals surface area contributed by atoms with Gasteiger partial charge in [0.05, 0.1) is 12.6 Å². The van der Waals surface area contributed by atoms with Gasteiger partial charge in [-0.3, -0.25) is 4.79 Å². The van der Waals surface area contributed by atoms with E-state index in [2.05, 4.69) is 22.5 Å². The number of rotatable bonds is 7. The molecule has 1 amide bonds. The number of methoxy groups -OCH3 is 1. The fourth-order valence-corrected chi connectivity index (χ4v) is 1.71. The molecule has 0 saturated carbocycles. The second-order valence-electron chi connectivity index (χ2n) is 4.07. The molecule has 1 atom stereocenters. The van der Waals surface area contributed by atoms with Crippen LogP contribution in [0.1, 0.15) is 30.3 Å². The number of anilines is 1. The van der Waals surface area contributed by atoms with Gasteiger partial charge in [-0.1, -0.05) is 19.4 Å². The minimum Gasteiger partial charge on any atom is -0.383 e. The summed E-state index contributed by atoms with van der Waals surface area (Å²) in [5, 5.41) is 5.84. The monoisotopic (exact) mass is 251 g/mol. The van der Waals surface area contributed by atoms with Crippen LogP contribution in [0.4, 0.5) is 5.82 Å². The lowest BCUT2D eigenvalue weighted by atomic mass is 10.1. The van der Waals surface area contributed by atoms with Crippen LogP contribution in [0.5, 0.6) is 0 Å². The highest BCUT2D eigenvalue weighted by atomic mass is 16.5. The van der Waals surface area contributed by atoms with E-state index in [1.165, 1.54) is 0 Å². The Labute approximate surface area is 108 Å².